The van der Waals surface area contributed by atoms with Crippen LogP contribution in [0.1, 0.15) is 36.2 Å². The standard InChI is InChI=1S/C15H22N2O2S/c1-4-11(2)17(9-10-19-3)15(18)13-7-5-12(6-8-13)14(16)20/h5-8,11H,4,9-10H2,1-3H3,(H2,16,20). The number of nitrogens with two attached hydrogens (primary N) is 1. The van der Waals surface area contributed by atoms with Crippen LogP contribution in [0.4, 0.5) is 0 Å². The molecular formula is C15H22N2O2S. The molecule has 4 nitrogen and oxygen atoms in total. The van der Waals surface area contributed by atoms with Gasteiger partial charge in [-0.1, -0.05) is 31.3 Å². The Kier molecular flexibility index (Phi) is 6.61. The van der Waals surface area contributed by atoms with Crippen molar-refractivity contribution in [3.8, 4) is 0 Å². The molecule has 1 aromatic carbocycles. The number of hydrogen-bond acceptors (Lipinski definition) is 3. The van der Waals surface area contributed by atoms with Gasteiger partial charge in [0.25, 0.3) is 5.91 Å². The highest BCUT2D eigenvalue weighted by Crippen LogP contribution is 2.12. The molecule has 1 atom stereocenters. The van der Waals surface area contributed by atoms with Gasteiger partial charge in [-0.15, -0.1) is 0 Å². The van der Waals surface area contributed by atoms with Crippen LogP contribution in [-0.2, 0) is 4.74 Å². The molecule has 0 aliphatic carbocycles. The highest BCUT2D eigenvalue weighted by molar-refractivity contribution is 7.80. The molecule has 0 bridgehead atoms. The van der Waals surface area contributed by atoms with Gasteiger partial charge < -0.3 is 15.4 Å². The lowest BCUT2D eigenvalue weighted by Crippen LogP contribution is -2.40. The second-order valence-corrected chi connectivity index (χ2v) is 5.13. The first kappa shape index (κ1) is 16.6. The van der Waals surface area contributed by atoms with Gasteiger partial charge in [-0.2, -0.15) is 0 Å². The van der Waals surface area contributed by atoms with Gasteiger partial charge in [-0.25, -0.2) is 0 Å². The molecule has 2 N–H and O–H groups in total. The van der Waals surface area contributed by atoms with E-state index >= 15 is 0 Å². The van der Waals surface area contributed by atoms with Crippen LogP contribution in [-0.4, -0.2) is 42.1 Å². The smallest absolute Gasteiger partial charge is 0.254 e. The average Bonchev–Trinajstić information content (AvgIpc) is 2.47. The number of amides is 1. The van der Waals surface area contributed by atoms with Crippen LogP contribution in [0.3, 0.4) is 0 Å². The number of ether oxygens (including phenoxy) is 1. The first-order valence-electron chi connectivity index (χ1n) is 6.71. The molecule has 1 amide bonds. The van der Waals surface area contributed by atoms with E-state index in [4.69, 9.17) is 22.7 Å². The fourth-order valence-electron chi connectivity index (χ4n) is 1.88. The zero-order valence-corrected chi connectivity index (χ0v) is 13.1. The third-order valence-corrected chi connectivity index (χ3v) is 3.57. The van der Waals surface area contributed by atoms with Gasteiger partial charge in [-0.3, -0.25) is 4.79 Å². The van der Waals surface area contributed by atoms with E-state index in [0.29, 0.717) is 23.7 Å². The Bertz CT molecular complexity index is 459. The molecule has 0 saturated carbocycles. The SMILES string of the molecule is CCC(C)N(CCOC)C(=O)c1ccc(C(N)=S)cc1. The molecule has 20 heavy (non-hydrogen) atoms. The Hall–Kier alpha value is -1.46. The highest BCUT2D eigenvalue weighted by atomic mass is 32.1. The molecule has 5 heteroatoms. The normalized spacial score (nSPS) is 11.9. The molecule has 0 saturated heterocycles. The summed E-state index contributed by atoms with van der Waals surface area (Å²) in [6.07, 6.45) is 0.903. The van der Waals surface area contributed by atoms with Gasteiger partial charge in [0.05, 0.1) is 6.61 Å². The van der Waals surface area contributed by atoms with Gasteiger partial charge in [0, 0.05) is 30.8 Å². The first-order valence-corrected chi connectivity index (χ1v) is 7.11. The maximum absolute atomic E-state index is 12.5. The van der Waals surface area contributed by atoms with Crippen LogP contribution in [0.25, 0.3) is 0 Å². The summed E-state index contributed by atoms with van der Waals surface area (Å²) in [5.74, 6) is 0.00545. The van der Waals surface area contributed by atoms with Gasteiger partial charge in [0.2, 0.25) is 0 Å². The lowest BCUT2D eigenvalue weighted by atomic mass is 10.1. The minimum Gasteiger partial charge on any atom is -0.389 e. The maximum atomic E-state index is 12.5. The van der Waals surface area contributed by atoms with Crippen LogP contribution in [0.15, 0.2) is 24.3 Å². The van der Waals surface area contributed by atoms with Crippen LogP contribution in [0.5, 0.6) is 0 Å². The number of carbonyl (C=O) groups is 1. The van der Waals surface area contributed by atoms with Crippen molar-refractivity contribution in [1.29, 1.82) is 0 Å². The Morgan fingerprint density at radius 3 is 2.35 bits per heavy atom. The second-order valence-electron chi connectivity index (χ2n) is 4.69. The van der Waals surface area contributed by atoms with Crippen molar-refractivity contribution in [1.82, 2.24) is 4.90 Å². The molecule has 0 aliphatic heterocycles. The second kappa shape index (κ2) is 7.97. The summed E-state index contributed by atoms with van der Waals surface area (Å²) in [6.45, 7) is 5.22. The number of methoxy groups -OCH3 is 1. The summed E-state index contributed by atoms with van der Waals surface area (Å²) in [5.41, 5.74) is 6.96. The van der Waals surface area contributed by atoms with Crippen LogP contribution >= 0.6 is 12.2 Å². The fraction of sp³-hybridized carbons (Fsp3) is 0.467. The molecule has 1 unspecified atom stereocenters. The first-order chi connectivity index (χ1) is 9.51. The number of nitrogens with zero attached hydrogens (tertiary/aromatic N) is 1. The van der Waals surface area contributed by atoms with Crippen molar-refractivity contribution in [3.63, 3.8) is 0 Å². The molecule has 0 spiro atoms. The van der Waals surface area contributed by atoms with E-state index in [1.165, 1.54) is 0 Å². The summed E-state index contributed by atoms with van der Waals surface area (Å²) in [5, 5.41) is 0. The summed E-state index contributed by atoms with van der Waals surface area (Å²) in [7, 11) is 1.64. The van der Waals surface area contributed by atoms with Gasteiger partial charge in [0.1, 0.15) is 4.99 Å². The molecule has 0 fully saturated rings. The zero-order chi connectivity index (χ0) is 15.1. The van der Waals surface area contributed by atoms with E-state index in [1.54, 1.807) is 31.4 Å². The summed E-state index contributed by atoms with van der Waals surface area (Å²) < 4.78 is 5.08. The monoisotopic (exact) mass is 294 g/mol. The highest BCUT2D eigenvalue weighted by Gasteiger charge is 2.20. The molecule has 110 valence electrons. The quantitative estimate of drug-likeness (QED) is 0.783. The average molecular weight is 294 g/mol. The van der Waals surface area contributed by atoms with E-state index in [9.17, 15) is 4.79 Å². The van der Waals surface area contributed by atoms with E-state index in [1.807, 2.05) is 11.8 Å². The van der Waals surface area contributed by atoms with E-state index in [0.717, 1.165) is 12.0 Å². The third-order valence-electron chi connectivity index (χ3n) is 3.34. The van der Waals surface area contributed by atoms with E-state index in [2.05, 4.69) is 6.92 Å². The van der Waals surface area contributed by atoms with Crippen LogP contribution < -0.4 is 5.73 Å². The predicted molar refractivity (Wildman–Crippen MR) is 85.0 cm³/mol. The Morgan fingerprint density at radius 2 is 1.90 bits per heavy atom. The van der Waals surface area contributed by atoms with Gasteiger partial charge >= 0.3 is 0 Å². The molecule has 1 rings (SSSR count). The number of benzene rings is 1. The van der Waals surface area contributed by atoms with Crippen molar-refractivity contribution in [2.75, 3.05) is 20.3 Å². The van der Waals surface area contributed by atoms with Crippen molar-refractivity contribution >= 4 is 23.1 Å². The van der Waals surface area contributed by atoms with Crippen molar-refractivity contribution in [2.24, 2.45) is 5.73 Å². The minimum atomic E-state index is 0.00545. The molecular weight excluding hydrogens is 272 g/mol. The largest absolute Gasteiger partial charge is 0.389 e. The number of carbonyl (C=O) groups excluding carboxylic acids is 1. The maximum Gasteiger partial charge on any atom is 0.254 e. The molecule has 0 aromatic heterocycles. The predicted octanol–water partition coefficient (Wildman–Crippen LogP) is 2.21. The fourth-order valence-corrected chi connectivity index (χ4v) is 2.01. The lowest BCUT2D eigenvalue weighted by Gasteiger charge is -2.28. The van der Waals surface area contributed by atoms with Gasteiger partial charge in [-0.05, 0) is 25.5 Å². The Balaban J connectivity index is 2.90. The van der Waals surface area contributed by atoms with Crippen LogP contribution in [0, 0.1) is 0 Å². The van der Waals surface area contributed by atoms with Crippen molar-refractivity contribution in [3.05, 3.63) is 35.4 Å². The molecule has 0 aliphatic rings. The molecule has 0 radical (unpaired) electrons. The molecule has 0 heterocycles. The van der Waals surface area contributed by atoms with Crippen molar-refractivity contribution < 1.29 is 9.53 Å². The number of rotatable bonds is 7. The number of hydrogen-bond donors (Lipinski definition) is 1. The summed E-state index contributed by atoms with van der Waals surface area (Å²) in [6, 6.07) is 7.26. The summed E-state index contributed by atoms with van der Waals surface area (Å²) >= 11 is 4.91. The van der Waals surface area contributed by atoms with Gasteiger partial charge in [0.15, 0.2) is 0 Å². The lowest BCUT2D eigenvalue weighted by molar-refractivity contribution is 0.0614. The van der Waals surface area contributed by atoms with Crippen LogP contribution in [0.2, 0.25) is 0 Å². The minimum absolute atomic E-state index is 0.00545. The summed E-state index contributed by atoms with van der Waals surface area (Å²) in [4.78, 5) is 14.7. The number of thiocarbonyl (C=S) groups is 1. The topological polar surface area (TPSA) is 55.6 Å². The molecule has 1 aromatic rings. The van der Waals surface area contributed by atoms with Crippen molar-refractivity contribution in [2.45, 2.75) is 26.3 Å². The van der Waals surface area contributed by atoms with E-state index in [-0.39, 0.29) is 11.9 Å². The van der Waals surface area contributed by atoms with E-state index < -0.39 is 0 Å². The Morgan fingerprint density at radius 1 is 1.35 bits per heavy atom. The zero-order valence-electron chi connectivity index (χ0n) is 12.3. The Labute approximate surface area is 125 Å². The third kappa shape index (κ3) is 4.28.